The average Bonchev–Trinajstić information content (AvgIpc) is 3.00. The predicted octanol–water partition coefficient (Wildman–Crippen LogP) is 4.86. The van der Waals surface area contributed by atoms with Crippen LogP contribution in [0.3, 0.4) is 0 Å². The molecule has 0 unspecified atom stereocenters. The average molecular weight is 414 g/mol. The Kier molecular flexibility index (Phi) is 5.75. The molecule has 3 aromatic carbocycles. The first-order chi connectivity index (χ1) is 14.9. The van der Waals surface area contributed by atoms with Gasteiger partial charge in [-0.2, -0.15) is 0 Å². The molecule has 0 spiro atoms. The maximum atomic E-state index is 13.3. The highest BCUT2D eigenvalue weighted by Crippen LogP contribution is 2.42. The summed E-state index contributed by atoms with van der Waals surface area (Å²) in [7, 11) is 0. The summed E-state index contributed by atoms with van der Waals surface area (Å²) in [4.78, 5) is 27.9. The number of anilines is 1. The third-order valence-corrected chi connectivity index (χ3v) is 6.02. The Morgan fingerprint density at radius 1 is 0.935 bits per heavy atom. The van der Waals surface area contributed by atoms with Gasteiger partial charge in [0.25, 0.3) is 5.91 Å². The highest BCUT2D eigenvalue weighted by atomic mass is 16.3. The van der Waals surface area contributed by atoms with E-state index in [1.807, 2.05) is 54.6 Å². The Morgan fingerprint density at radius 3 is 2.26 bits per heavy atom. The second kappa shape index (κ2) is 8.48. The van der Waals surface area contributed by atoms with Gasteiger partial charge in [0.2, 0.25) is 0 Å². The Bertz CT molecular complexity index is 1090. The topological polar surface area (TPSA) is 57.6 Å². The summed E-state index contributed by atoms with van der Waals surface area (Å²) < 4.78 is 0. The Labute approximate surface area is 183 Å². The van der Waals surface area contributed by atoms with Crippen LogP contribution in [0, 0.1) is 0 Å². The molecule has 0 bridgehead atoms. The van der Waals surface area contributed by atoms with Gasteiger partial charge < -0.3 is 10.0 Å². The minimum absolute atomic E-state index is 0.245. The van der Waals surface area contributed by atoms with E-state index >= 15 is 0 Å². The molecule has 4 nitrogen and oxygen atoms in total. The van der Waals surface area contributed by atoms with Crippen LogP contribution in [0.2, 0.25) is 0 Å². The minimum Gasteiger partial charge on any atom is -0.375 e. The molecule has 4 rings (SSSR count). The molecular formula is C27H27NO3. The first-order valence-electron chi connectivity index (χ1n) is 10.7. The lowest BCUT2D eigenvalue weighted by molar-refractivity contribution is -0.135. The van der Waals surface area contributed by atoms with Crippen molar-refractivity contribution in [1.82, 2.24) is 0 Å². The molecule has 1 atom stereocenters. The summed E-state index contributed by atoms with van der Waals surface area (Å²) in [5.41, 5.74) is 2.09. The van der Waals surface area contributed by atoms with Gasteiger partial charge in [0.1, 0.15) is 0 Å². The molecular weight excluding hydrogens is 386 g/mol. The summed E-state index contributed by atoms with van der Waals surface area (Å²) in [6.45, 7) is 4.63. The largest absolute Gasteiger partial charge is 0.375 e. The van der Waals surface area contributed by atoms with Crippen molar-refractivity contribution in [2.45, 2.75) is 38.2 Å². The molecule has 1 aliphatic rings. The number of para-hydroxylation sites is 1. The van der Waals surface area contributed by atoms with Crippen molar-refractivity contribution < 1.29 is 14.7 Å². The van der Waals surface area contributed by atoms with E-state index in [1.165, 1.54) is 0 Å². The normalized spacial score (nSPS) is 17.8. The fraction of sp³-hybridized carbons (Fsp3) is 0.259. The fourth-order valence-electron chi connectivity index (χ4n) is 4.17. The second-order valence-electron chi connectivity index (χ2n) is 8.45. The molecule has 31 heavy (non-hydrogen) atoms. The van der Waals surface area contributed by atoms with Crippen molar-refractivity contribution in [2.75, 3.05) is 11.4 Å². The molecule has 0 saturated heterocycles. The van der Waals surface area contributed by atoms with Gasteiger partial charge in [-0.25, -0.2) is 0 Å². The van der Waals surface area contributed by atoms with E-state index in [0.29, 0.717) is 35.7 Å². The first kappa shape index (κ1) is 21.0. The van der Waals surface area contributed by atoms with Crippen LogP contribution in [0.5, 0.6) is 0 Å². The number of Topliss-reactive ketones (excluding diaryl/α,β-unsaturated/α-hetero) is 1. The van der Waals surface area contributed by atoms with Crippen molar-refractivity contribution in [2.24, 2.45) is 0 Å². The Morgan fingerprint density at radius 2 is 1.58 bits per heavy atom. The van der Waals surface area contributed by atoms with E-state index in [9.17, 15) is 14.7 Å². The number of amides is 1. The van der Waals surface area contributed by atoms with Crippen LogP contribution in [0.4, 0.5) is 5.69 Å². The van der Waals surface area contributed by atoms with Crippen LogP contribution < -0.4 is 4.90 Å². The van der Waals surface area contributed by atoms with E-state index in [4.69, 9.17) is 0 Å². The number of carbonyl (C=O) groups excluding carboxylic acids is 2. The number of hydrogen-bond acceptors (Lipinski definition) is 3. The monoisotopic (exact) mass is 413 g/mol. The molecule has 1 heterocycles. The first-order valence-corrected chi connectivity index (χ1v) is 10.7. The van der Waals surface area contributed by atoms with Crippen molar-refractivity contribution in [1.29, 1.82) is 0 Å². The maximum absolute atomic E-state index is 13.3. The summed E-state index contributed by atoms with van der Waals surface area (Å²) in [5.74, 6) is -0.308. The molecule has 0 fully saturated rings. The standard InChI is InChI=1S/C27H27NO3/c1-19(2)21-12-14-22(15-13-21)25(29)18-27(31)23-10-6-7-11-24(23)28(26(27)30)17-16-20-8-4-3-5-9-20/h3-15,19,31H,16-18H2,1-2H3/t27-/m0/s1. The second-order valence-corrected chi connectivity index (χ2v) is 8.45. The number of carbonyl (C=O) groups is 2. The quantitative estimate of drug-likeness (QED) is 0.563. The summed E-state index contributed by atoms with van der Waals surface area (Å²) in [5, 5.41) is 11.4. The number of hydrogen-bond donors (Lipinski definition) is 1. The molecule has 158 valence electrons. The van der Waals surface area contributed by atoms with Crippen LogP contribution >= 0.6 is 0 Å². The number of ketones is 1. The maximum Gasteiger partial charge on any atom is 0.264 e. The van der Waals surface area contributed by atoms with E-state index in [1.54, 1.807) is 29.2 Å². The van der Waals surface area contributed by atoms with Gasteiger partial charge in [0.05, 0.1) is 12.1 Å². The van der Waals surface area contributed by atoms with Crippen LogP contribution in [-0.2, 0) is 16.8 Å². The van der Waals surface area contributed by atoms with E-state index in [-0.39, 0.29) is 12.2 Å². The molecule has 0 aromatic heterocycles. The van der Waals surface area contributed by atoms with Crippen molar-refractivity contribution >= 4 is 17.4 Å². The molecule has 0 radical (unpaired) electrons. The number of nitrogens with zero attached hydrogens (tertiary/aromatic N) is 1. The zero-order chi connectivity index (χ0) is 22.0. The highest BCUT2D eigenvalue weighted by Gasteiger charge is 2.50. The third kappa shape index (κ3) is 4.04. The van der Waals surface area contributed by atoms with Gasteiger partial charge in [-0.05, 0) is 29.5 Å². The number of rotatable bonds is 7. The third-order valence-electron chi connectivity index (χ3n) is 6.02. The van der Waals surface area contributed by atoms with Gasteiger partial charge in [-0.15, -0.1) is 0 Å². The molecule has 0 saturated carbocycles. The molecule has 1 amide bonds. The van der Waals surface area contributed by atoms with Crippen LogP contribution in [0.25, 0.3) is 0 Å². The van der Waals surface area contributed by atoms with Crippen molar-refractivity contribution in [3.8, 4) is 0 Å². The van der Waals surface area contributed by atoms with E-state index < -0.39 is 11.5 Å². The summed E-state index contributed by atoms with van der Waals surface area (Å²) >= 11 is 0. The van der Waals surface area contributed by atoms with Gasteiger partial charge in [0, 0.05) is 17.7 Å². The number of fused-ring (bicyclic) bond motifs is 1. The predicted molar refractivity (Wildman–Crippen MR) is 122 cm³/mol. The molecule has 4 heteroatoms. The van der Waals surface area contributed by atoms with Crippen molar-refractivity contribution in [3.63, 3.8) is 0 Å². The Balaban J connectivity index is 1.58. The number of benzene rings is 3. The minimum atomic E-state index is -1.85. The molecule has 1 N–H and O–H groups in total. The van der Waals surface area contributed by atoms with Gasteiger partial charge in [-0.3, -0.25) is 9.59 Å². The van der Waals surface area contributed by atoms with Gasteiger partial charge >= 0.3 is 0 Å². The Hall–Kier alpha value is -3.24. The highest BCUT2D eigenvalue weighted by molar-refractivity contribution is 6.10. The van der Waals surface area contributed by atoms with Gasteiger partial charge in [0.15, 0.2) is 11.4 Å². The molecule has 3 aromatic rings. The van der Waals surface area contributed by atoms with Crippen LogP contribution in [0.1, 0.15) is 53.2 Å². The summed E-state index contributed by atoms with van der Waals surface area (Å²) in [6, 6.07) is 24.5. The fourth-order valence-corrected chi connectivity index (χ4v) is 4.17. The van der Waals surface area contributed by atoms with Crippen LogP contribution in [-0.4, -0.2) is 23.3 Å². The zero-order valence-electron chi connectivity index (χ0n) is 17.9. The molecule has 0 aliphatic carbocycles. The molecule has 1 aliphatic heterocycles. The lowest BCUT2D eigenvalue weighted by Gasteiger charge is -2.23. The summed E-state index contributed by atoms with van der Waals surface area (Å²) in [6.07, 6.45) is 0.396. The smallest absolute Gasteiger partial charge is 0.264 e. The SMILES string of the molecule is CC(C)c1ccc(C(=O)C[C@@]2(O)C(=O)N(CCc3ccccc3)c3ccccc32)cc1. The van der Waals surface area contributed by atoms with E-state index in [0.717, 1.165) is 11.1 Å². The zero-order valence-corrected chi connectivity index (χ0v) is 17.9. The van der Waals surface area contributed by atoms with Gasteiger partial charge in [-0.1, -0.05) is 86.6 Å². The number of aliphatic hydroxyl groups is 1. The van der Waals surface area contributed by atoms with Crippen molar-refractivity contribution in [3.05, 3.63) is 101 Å². The lowest BCUT2D eigenvalue weighted by Crippen LogP contribution is -2.42. The van der Waals surface area contributed by atoms with E-state index in [2.05, 4.69) is 13.8 Å². The van der Waals surface area contributed by atoms with Crippen LogP contribution in [0.15, 0.2) is 78.9 Å². The lowest BCUT2D eigenvalue weighted by atomic mass is 9.87.